The normalized spacial score (nSPS) is 13.1. The Bertz CT molecular complexity index is 527. The summed E-state index contributed by atoms with van der Waals surface area (Å²) in [5.74, 6) is -0.141. The molecule has 0 fully saturated rings. The van der Waals surface area contributed by atoms with Crippen molar-refractivity contribution in [3.8, 4) is 5.75 Å². The van der Waals surface area contributed by atoms with Crippen molar-refractivity contribution in [2.45, 2.75) is 40.2 Å². The molecule has 5 heteroatoms. The van der Waals surface area contributed by atoms with Crippen LogP contribution in [0, 0.1) is 19.8 Å². The van der Waals surface area contributed by atoms with Gasteiger partial charge in [0.25, 0.3) is 5.91 Å². The Balaban J connectivity index is 2.60. The molecule has 2 atom stereocenters. The fraction of sp³-hybridized carbons (Fsp3) is 0.529. The summed E-state index contributed by atoms with van der Waals surface area (Å²) >= 11 is 0. The second-order valence-corrected chi connectivity index (χ2v) is 5.49. The maximum atomic E-state index is 12.0. The highest BCUT2D eigenvalue weighted by atomic mass is 16.5. The van der Waals surface area contributed by atoms with Gasteiger partial charge < -0.3 is 14.8 Å². The van der Waals surface area contributed by atoms with Crippen molar-refractivity contribution in [1.29, 1.82) is 0 Å². The number of nitrogens with one attached hydrogen (secondary N) is 1. The molecule has 5 nitrogen and oxygen atoms in total. The Morgan fingerprint density at radius 3 is 2.45 bits per heavy atom. The molecule has 0 saturated heterocycles. The number of amides is 1. The minimum atomic E-state index is -0.647. The topological polar surface area (TPSA) is 64.6 Å². The van der Waals surface area contributed by atoms with E-state index in [2.05, 4.69) is 5.32 Å². The van der Waals surface area contributed by atoms with Gasteiger partial charge in [-0.25, -0.2) is 4.79 Å². The zero-order valence-electron chi connectivity index (χ0n) is 13.9. The average Bonchev–Trinajstić information content (AvgIpc) is 2.52. The van der Waals surface area contributed by atoms with Crippen molar-refractivity contribution in [3.05, 3.63) is 29.3 Å². The summed E-state index contributed by atoms with van der Waals surface area (Å²) in [6.45, 7) is 7.72. The minimum absolute atomic E-state index is 0.00183. The van der Waals surface area contributed by atoms with Crippen molar-refractivity contribution >= 4 is 11.9 Å². The van der Waals surface area contributed by atoms with E-state index in [0.717, 1.165) is 12.0 Å². The molecule has 0 saturated carbocycles. The van der Waals surface area contributed by atoms with E-state index in [-0.39, 0.29) is 18.4 Å². The molecule has 22 heavy (non-hydrogen) atoms. The van der Waals surface area contributed by atoms with Crippen LogP contribution in [-0.2, 0) is 14.3 Å². The Morgan fingerprint density at radius 2 is 1.91 bits per heavy atom. The SMILES string of the molecule is CCC(C)C(NC(=O)COc1ccc(C)c(C)c1)C(=O)OC. The molecular formula is C17H25NO4. The summed E-state index contributed by atoms with van der Waals surface area (Å²) in [7, 11) is 1.31. The van der Waals surface area contributed by atoms with E-state index in [1.807, 2.05) is 45.9 Å². The van der Waals surface area contributed by atoms with Crippen LogP contribution in [0.1, 0.15) is 31.4 Å². The molecule has 0 radical (unpaired) electrons. The van der Waals surface area contributed by atoms with Gasteiger partial charge in [-0.05, 0) is 43.0 Å². The lowest BCUT2D eigenvalue weighted by molar-refractivity contribution is -0.146. The highest BCUT2D eigenvalue weighted by Crippen LogP contribution is 2.16. The quantitative estimate of drug-likeness (QED) is 0.786. The highest BCUT2D eigenvalue weighted by molar-refractivity contribution is 5.85. The van der Waals surface area contributed by atoms with Gasteiger partial charge in [-0.3, -0.25) is 4.79 Å². The minimum Gasteiger partial charge on any atom is -0.484 e. The van der Waals surface area contributed by atoms with Crippen molar-refractivity contribution in [3.63, 3.8) is 0 Å². The number of methoxy groups -OCH3 is 1. The molecule has 2 unspecified atom stereocenters. The number of esters is 1. The van der Waals surface area contributed by atoms with E-state index in [1.54, 1.807) is 0 Å². The van der Waals surface area contributed by atoms with Crippen LogP contribution in [0.15, 0.2) is 18.2 Å². The first-order chi connectivity index (χ1) is 10.4. The smallest absolute Gasteiger partial charge is 0.328 e. The van der Waals surface area contributed by atoms with Crippen LogP contribution in [0.2, 0.25) is 0 Å². The summed E-state index contributed by atoms with van der Waals surface area (Å²) in [6.07, 6.45) is 0.762. The molecule has 1 rings (SSSR count). The molecule has 0 spiro atoms. The third-order valence-corrected chi connectivity index (χ3v) is 3.83. The molecular weight excluding hydrogens is 282 g/mol. The number of hydrogen-bond acceptors (Lipinski definition) is 4. The average molecular weight is 307 g/mol. The monoisotopic (exact) mass is 307 g/mol. The summed E-state index contributed by atoms with van der Waals surface area (Å²) in [4.78, 5) is 23.7. The number of carbonyl (C=O) groups is 2. The van der Waals surface area contributed by atoms with Crippen LogP contribution in [0.3, 0.4) is 0 Å². The third kappa shape index (κ3) is 5.06. The number of carbonyl (C=O) groups excluding carboxylic acids is 2. The van der Waals surface area contributed by atoms with Crippen LogP contribution in [-0.4, -0.2) is 31.6 Å². The number of rotatable bonds is 7. The molecule has 0 bridgehead atoms. The van der Waals surface area contributed by atoms with E-state index in [1.165, 1.54) is 12.7 Å². The van der Waals surface area contributed by atoms with Crippen molar-refractivity contribution in [2.24, 2.45) is 5.92 Å². The summed E-state index contributed by atoms with van der Waals surface area (Å²) in [5.41, 5.74) is 2.27. The maximum absolute atomic E-state index is 12.0. The van der Waals surface area contributed by atoms with Gasteiger partial charge in [0.15, 0.2) is 6.61 Å². The standard InChI is InChI=1S/C17H25NO4/c1-6-11(2)16(17(20)21-5)18-15(19)10-22-14-8-7-12(3)13(4)9-14/h7-9,11,16H,6,10H2,1-5H3,(H,18,19). The number of ether oxygens (including phenoxy) is 2. The van der Waals surface area contributed by atoms with Crippen LogP contribution in [0.4, 0.5) is 0 Å². The fourth-order valence-corrected chi connectivity index (χ4v) is 1.96. The zero-order chi connectivity index (χ0) is 16.7. The molecule has 1 amide bonds. The lowest BCUT2D eigenvalue weighted by Gasteiger charge is -2.21. The number of aryl methyl sites for hydroxylation is 2. The van der Waals surface area contributed by atoms with Crippen molar-refractivity contribution in [1.82, 2.24) is 5.32 Å². The summed E-state index contributed by atoms with van der Waals surface area (Å²) in [6, 6.07) is 5.00. The summed E-state index contributed by atoms with van der Waals surface area (Å²) < 4.78 is 10.2. The van der Waals surface area contributed by atoms with E-state index in [9.17, 15) is 9.59 Å². The van der Waals surface area contributed by atoms with E-state index < -0.39 is 12.0 Å². The van der Waals surface area contributed by atoms with Gasteiger partial charge in [0.2, 0.25) is 0 Å². The second-order valence-electron chi connectivity index (χ2n) is 5.49. The molecule has 0 heterocycles. The number of benzene rings is 1. The first kappa shape index (κ1) is 18.0. The molecule has 0 aliphatic rings. The van der Waals surface area contributed by atoms with Gasteiger partial charge in [-0.15, -0.1) is 0 Å². The Hall–Kier alpha value is -2.04. The van der Waals surface area contributed by atoms with E-state index in [0.29, 0.717) is 5.75 Å². The Labute approximate surface area is 132 Å². The Morgan fingerprint density at radius 1 is 1.23 bits per heavy atom. The lowest BCUT2D eigenvalue weighted by Crippen LogP contribution is -2.47. The summed E-state index contributed by atoms with van der Waals surface area (Å²) in [5, 5.41) is 2.68. The first-order valence-corrected chi connectivity index (χ1v) is 7.46. The fourth-order valence-electron chi connectivity index (χ4n) is 1.96. The van der Waals surface area contributed by atoms with E-state index in [4.69, 9.17) is 9.47 Å². The van der Waals surface area contributed by atoms with Crippen LogP contribution < -0.4 is 10.1 Å². The lowest BCUT2D eigenvalue weighted by atomic mass is 9.99. The second kappa shape index (κ2) is 8.41. The molecule has 0 aliphatic heterocycles. The maximum Gasteiger partial charge on any atom is 0.328 e. The molecule has 0 aromatic heterocycles. The van der Waals surface area contributed by atoms with Gasteiger partial charge in [0.05, 0.1) is 7.11 Å². The molecule has 0 aliphatic carbocycles. The van der Waals surface area contributed by atoms with Gasteiger partial charge in [0, 0.05) is 0 Å². The van der Waals surface area contributed by atoms with Crippen LogP contribution >= 0.6 is 0 Å². The van der Waals surface area contributed by atoms with Gasteiger partial charge in [-0.1, -0.05) is 26.3 Å². The Kier molecular flexibility index (Phi) is 6.89. The largest absolute Gasteiger partial charge is 0.484 e. The van der Waals surface area contributed by atoms with Crippen LogP contribution in [0.25, 0.3) is 0 Å². The van der Waals surface area contributed by atoms with Crippen molar-refractivity contribution < 1.29 is 19.1 Å². The van der Waals surface area contributed by atoms with E-state index >= 15 is 0 Å². The highest BCUT2D eigenvalue weighted by Gasteiger charge is 2.26. The first-order valence-electron chi connectivity index (χ1n) is 7.46. The predicted molar refractivity (Wildman–Crippen MR) is 84.8 cm³/mol. The molecule has 122 valence electrons. The zero-order valence-corrected chi connectivity index (χ0v) is 13.9. The predicted octanol–water partition coefficient (Wildman–Crippen LogP) is 2.39. The molecule has 1 aromatic carbocycles. The van der Waals surface area contributed by atoms with Gasteiger partial charge in [0.1, 0.15) is 11.8 Å². The molecule has 1 N–H and O–H groups in total. The van der Waals surface area contributed by atoms with Crippen LogP contribution in [0.5, 0.6) is 5.75 Å². The van der Waals surface area contributed by atoms with Gasteiger partial charge in [-0.2, -0.15) is 0 Å². The third-order valence-electron chi connectivity index (χ3n) is 3.83. The molecule has 1 aromatic rings. The van der Waals surface area contributed by atoms with Crippen molar-refractivity contribution in [2.75, 3.05) is 13.7 Å². The number of hydrogen-bond donors (Lipinski definition) is 1. The van der Waals surface area contributed by atoms with Gasteiger partial charge >= 0.3 is 5.97 Å².